The van der Waals surface area contributed by atoms with Gasteiger partial charge >= 0.3 is 12.3 Å². The average molecular weight is 318 g/mol. The SMILES string of the molecule is CCCCCCCCOC(=O)Oc1ccccc1C(F)(F)F. The third-order valence-corrected chi connectivity index (χ3v) is 3.10. The zero-order valence-corrected chi connectivity index (χ0v) is 12.6. The molecule has 0 aromatic heterocycles. The molecule has 0 saturated carbocycles. The predicted molar refractivity (Wildman–Crippen MR) is 76.8 cm³/mol. The first kappa shape index (κ1) is 18.3. The summed E-state index contributed by atoms with van der Waals surface area (Å²) in [6.45, 7) is 2.27. The third kappa shape index (κ3) is 6.83. The molecule has 0 saturated heterocycles. The summed E-state index contributed by atoms with van der Waals surface area (Å²) in [5, 5.41) is 0. The van der Waals surface area contributed by atoms with Crippen molar-refractivity contribution in [3.05, 3.63) is 29.8 Å². The summed E-state index contributed by atoms with van der Waals surface area (Å²) in [6.07, 6.45) is 0.453. The van der Waals surface area contributed by atoms with E-state index >= 15 is 0 Å². The lowest BCUT2D eigenvalue weighted by Crippen LogP contribution is -2.15. The van der Waals surface area contributed by atoms with Gasteiger partial charge in [-0.1, -0.05) is 51.2 Å². The Morgan fingerprint density at radius 3 is 2.36 bits per heavy atom. The molecule has 0 radical (unpaired) electrons. The number of carbonyl (C=O) groups excluding carboxylic acids is 1. The molecule has 0 aliphatic heterocycles. The maximum Gasteiger partial charge on any atom is 0.513 e. The number of rotatable bonds is 8. The summed E-state index contributed by atoms with van der Waals surface area (Å²) in [4.78, 5) is 11.4. The van der Waals surface area contributed by atoms with Gasteiger partial charge in [0.2, 0.25) is 0 Å². The van der Waals surface area contributed by atoms with Crippen molar-refractivity contribution >= 4 is 6.16 Å². The molecule has 1 aromatic rings. The molecule has 0 atom stereocenters. The lowest BCUT2D eigenvalue weighted by molar-refractivity contribution is -0.138. The molecule has 0 aliphatic rings. The lowest BCUT2D eigenvalue weighted by atomic mass is 10.1. The van der Waals surface area contributed by atoms with Crippen LogP contribution in [0.1, 0.15) is 51.0 Å². The van der Waals surface area contributed by atoms with Gasteiger partial charge in [0.25, 0.3) is 0 Å². The summed E-state index contributed by atoms with van der Waals surface area (Å²) in [6, 6.07) is 4.55. The van der Waals surface area contributed by atoms with Crippen LogP contribution in [0.5, 0.6) is 5.75 Å². The van der Waals surface area contributed by atoms with Gasteiger partial charge in [-0.2, -0.15) is 13.2 Å². The van der Waals surface area contributed by atoms with Crippen LogP contribution in [0.3, 0.4) is 0 Å². The first-order chi connectivity index (χ1) is 10.4. The van der Waals surface area contributed by atoms with Crippen molar-refractivity contribution < 1.29 is 27.4 Å². The average Bonchev–Trinajstić information content (AvgIpc) is 2.46. The number of benzene rings is 1. The molecule has 0 N–H and O–H groups in total. The third-order valence-electron chi connectivity index (χ3n) is 3.10. The minimum absolute atomic E-state index is 0.152. The largest absolute Gasteiger partial charge is 0.513 e. The Morgan fingerprint density at radius 2 is 1.68 bits per heavy atom. The highest BCUT2D eigenvalue weighted by Gasteiger charge is 2.34. The van der Waals surface area contributed by atoms with Gasteiger partial charge in [-0.3, -0.25) is 0 Å². The van der Waals surface area contributed by atoms with E-state index in [-0.39, 0.29) is 6.61 Å². The van der Waals surface area contributed by atoms with Gasteiger partial charge in [-0.15, -0.1) is 0 Å². The highest BCUT2D eigenvalue weighted by Crippen LogP contribution is 2.35. The quantitative estimate of drug-likeness (QED) is 0.356. The second-order valence-corrected chi connectivity index (χ2v) is 4.96. The number of hydrogen-bond acceptors (Lipinski definition) is 3. The zero-order chi connectivity index (χ0) is 16.4. The first-order valence-corrected chi connectivity index (χ1v) is 7.46. The normalized spacial score (nSPS) is 11.3. The maximum absolute atomic E-state index is 12.7. The molecule has 0 aliphatic carbocycles. The molecular weight excluding hydrogens is 297 g/mol. The number of alkyl halides is 3. The van der Waals surface area contributed by atoms with Gasteiger partial charge in [0.1, 0.15) is 5.75 Å². The van der Waals surface area contributed by atoms with Crippen LogP contribution in [0.15, 0.2) is 24.3 Å². The molecule has 1 rings (SSSR count). The zero-order valence-electron chi connectivity index (χ0n) is 12.6. The summed E-state index contributed by atoms with van der Waals surface area (Å²) in [5.41, 5.74) is -0.994. The second kappa shape index (κ2) is 9.33. The van der Waals surface area contributed by atoms with E-state index in [1.165, 1.54) is 18.6 Å². The lowest BCUT2D eigenvalue weighted by Gasteiger charge is -2.12. The molecule has 0 fully saturated rings. The van der Waals surface area contributed by atoms with Crippen LogP contribution < -0.4 is 4.74 Å². The van der Waals surface area contributed by atoms with E-state index in [4.69, 9.17) is 4.74 Å². The molecule has 22 heavy (non-hydrogen) atoms. The van der Waals surface area contributed by atoms with Crippen molar-refractivity contribution in [2.24, 2.45) is 0 Å². The van der Waals surface area contributed by atoms with Crippen molar-refractivity contribution in [3.8, 4) is 5.75 Å². The fourth-order valence-electron chi connectivity index (χ4n) is 1.95. The Morgan fingerprint density at radius 1 is 1.05 bits per heavy atom. The van der Waals surface area contributed by atoms with Crippen LogP contribution in [-0.4, -0.2) is 12.8 Å². The summed E-state index contributed by atoms with van der Waals surface area (Å²) < 4.78 is 47.6. The van der Waals surface area contributed by atoms with Gasteiger partial charge in [0, 0.05) is 0 Å². The fourth-order valence-corrected chi connectivity index (χ4v) is 1.95. The Bertz CT molecular complexity index is 458. The second-order valence-electron chi connectivity index (χ2n) is 4.96. The van der Waals surface area contributed by atoms with E-state index in [1.54, 1.807) is 0 Å². The molecule has 0 heterocycles. The molecule has 6 heteroatoms. The van der Waals surface area contributed by atoms with Crippen molar-refractivity contribution in [1.29, 1.82) is 0 Å². The van der Waals surface area contributed by atoms with Crippen LogP contribution in [0.2, 0.25) is 0 Å². The standard InChI is InChI=1S/C16H21F3O3/c1-2-3-4-5-6-9-12-21-15(20)22-14-11-8-7-10-13(14)16(17,18)19/h7-8,10-11H,2-6,9,12H2,1H3. The Kier molecular flexibility index (Phi) is 7.77. The van der Waals surface area contributed by atoms with Crippen LogP contribution in [0, 0.1) is 0 Å². The number of hydrogen-bond donors (Lipinski definition) is 0. The minimum atomic E-state index is -4.57. The smallest absolute Gasteiger partial charge is 0.434 e. The molecule has 0 unspecified atom stereocenters. The fraction of sp³-hybridized carbons (Fsp3) is 0.562. The summed E-state index contributed by atoms with van der Waals surface area (Å²) in [5.74, 6) is -0.539. The Balaban J connectivity index is 2.34. The van der Waals surface area contributed by atoms with Crippen LogP contribution in [0.25, 0.3) is 0 Å². The molecular formula is C16H21F3O3. The van der Waals surface area contributed by atoms with E-state index in [0.717, 1.165) is 37.8 Å². The molecule has 3 nitrogen and oxygen atoms in total. The van der Waals surface area contributed by atoms with Crippen molar-refractivity contribution in [3.63, 3.8) is 0 Å². The van der Waals surface area contributed by atoms with Gasteiger partial charge < -0.3 is 9.47 Å². The Labute approximate surface area is 128 Å². The molecule has 0 bridgehead atoms. The van der Waals surface area contributed by atoms with E-state index in [0.29, 0.717) is 6.42 Å². The van der Waals surface area contributed by atoms with E-state index in [9.17, 15) is 18.0 Å². The minimum Gasteiger partial charge on any atom is -0.434 e. The Hall–Kier alpha value is -1.72. The highest BCUT2D eigenvalue weighted by molar-refractivity contribution is 5.64. The number of unbranched alkanes of at least 4 members (excludes halogenated alkanes) is 5. The van der Waals surface area contributed by atoms with Crippen LogP contribution >= 0.6 is 0 Å². The highest BCUT2D eigenvalue weighted by atomic mass is 19.4. The maximum atomic E-state index is 12.7. The predicted octanol–water partition coefficient (Wildman–Crippen LogP) is 5.58. The summed E-state index contributed by atoms with van der Waals surface area (Å²) in [7, 11) is 0. The van der Waals surface area contributed by atoms with Gasteiger partial charge in [0.15, 0.2) is 0 Å². The van der Waals surface area contributed by atoms with Crippen molar-refractivity contribution in [2.45, 2.75) is 51.6 Å². The van der Waals surface area contributed by atoms with Crippen LogP contribution in [0.4, 0.5) is 18.0 Å². The van der Waals surface area contributed by atoms with E-state index < -0.39 is 23.6 Å². The number of halogens is 3. The molecule has 0 amide bonds. The molecule has 1 aromatic carbocycles. The van der Waals surface area contributed by atoms with Gasteiger partial charge in [0.05, 0.1) is 12.2 Å². The van der Waals surface area contributed by atoms with E-state index in [2.05, 4.69) is 11.7 Å². The van der Waals surface area contributed by atoms with Crippen LogP contribution in [-0.2, 0) is 10.9 Å². The molecule has 124 valence electrons. The van der Waals surface area contributed by atoms with Crippen molar-refractivity contribution in [2.75, 3.05) is 6.61 Å². The van der Waals surface area contributed by atoms with Gasteiger partial charge in [-0.05, 0) is 18.6 Å². The number of para-hydroxylation sites is 1. The molecule has 0 spiro atoms. The van der Waals surface area contributed by atoms with E-state index in [1.807, 2.05) is 0 Å². The number of carbonyl (C=O) groups is 1. The van der Waals surface area contributed by atoms with Crippen molar-refractivity contribution in [1.82, 2.24) is 0 Å². The number of ether oxygens (including phenoxy) is 2. The summed E-state index contributed by atoms with van der Waals surface area (Å²) >= 11 is 0. The van der Waals surface area contributed by atoms with Gasteiger partial charge in [-0.25, -0.2) is 4.79 Å². The first-order valence-electron chi connectivity index (χ1n) is 7.46. The monoisotopic (exact) mass is 318 g/mol. The topological polar surface area (TPSA) is 35.5 Å².